The summed E-state index contributed by atoms with van der Waals surface area (Å²) in [6, 6.07) is 0.741. The van der Waals surface area contributed by atoms with E-state index in [1.165, 1.54) is 25.7 Å². The van der Waals surface area contributed by atoms with E-state index in [9.17, 15) is 4.79 Å². The first kappa shape index (κ1) is 11.9. The molecule has 2 saturated heterocycles. The molecule has 2 fully saturated rings. The summed E-state index contributed by atoms with van der Waals surface area (Å²) in [6.45, 7) is 3.30. The number of amides is 1. The van der Waals surface area contributed by atoms with Gasteiger partial charge in [0.25, 0.3) is 0 Å². The lowest BCUT2D eigenvalue weighted by molar-refractivity contribution is -0.128. The minimum Gasteiger partial charge on any atom is -0.358 e. The van der Waals surface area contributed by atoms with Gasteiger partial charge in [-0.2, -0.15) is 0 Å². The molecule has 1 amide bonds. The van der Waals surface area contributed by atoms with Crippen LogP contribution in [0.25, 0.3) is 0 Å². The Hall–Kier alpha value is -0.610. The molecule has 0 bridgehead atoms. The maximum atomic E-state index is 11.9. The zero-order valence-corrected chi connectivity index (χ0v) is 10.2. The van der Waals surface area contributed by atoms with Gasteiger partial charge in [0.2, 0.25) is 5.91 Å². The monoisotopic (exact) mass is 225 g/mol. The Morgan fingerprint density at radius 1 is 1.25 bits per heavy atom. The Balaban J connectivity index is 2.00. The molecule has 2 heterocycles. The molecule has 2 aliphatic heterocycles. The molecule has 2 rings (SSSR count). The maximum absolute atomic E-state index is 11.9. The lowest BCUT2D eigenvalue weighted by atomic mass is 9.95. The highest BCUT2D eigenvalue weighted by Gasteiger charge is 2.33. The van der Waals surface area contributed by atoms with Gasteiger partial charge in [-0.25, -0.2) is 0 Å². The van der Waals surface area contributed by atoms with Gasteiger partial charge in [0.05, 0.1) is 6.04 Å². The Morgan fingerprint density at radius 3 is 2.69 bits per heavy atom. The second-order valence-corrected chi connectivity index (χ2v) is 4.84. The van der Waals surface area contributed by atoms with Gasteiger partial charge in [0.1, 0.15) is 0 Å². The molecule has 1 unspecified atom stereocenters. The summed E-state index contributed by atoms with van der Waals surface area (Å²) < 4.78 is 0. The Kier molecular flexibility index (Phi) is 4.18. The molecule has 92 valence electrons. The first-order valence-electron chi connectivity index (χ1n) is 6.51. The lowest BCUT2D eigenvalue weighted by Crippen LogP contribution is -2.55. The number of carbonyl (C=O) groups excluding carboxylic acids is 1. The Morgan fingerprint density at radius 2 is 2.00 bits per heavy atom. The summed E-state index contributed by atoms with van der Waals surface area (Å²) >= 11 is 0. The number of nitrogens with zero attached hydrogens (tertiary/aromatic N) is 1. The van der Waals surface area contributed by atoms with Crippen LogP contribution >= 0.6 is 0 Å². The van der Waals surface area contributed by atoms with Crippen LogP contribution in [0.5, 0.6) is 0 Å². The third-order valence-electron chi connectivity index (χ3n) is 3.87. The number of carbonyl (C=O) groups is 1. The second kappa shape index (κ2) is 5.64. The highest BCUT2D eigenvalue weighted by molar-refractivity contribution is 5.81. The van der Waals surface area contributed by atoms with Crippen LogP contribution in [0.3, 0.4) is 0 Å². The van der Waals surface area contributed by atoms with Gasteiger partial charge in [0, 0.05) is 13.1 Å². The van der Waals surface area contributed by atoms with Crippen LogP contribution in [-0.4, -0.2) is 49.6 Å². The van der Waals surface area contributed by atoms with Crippen molar-refractivity contribution in [2.75, 3.05) is 26.7 Å². The van der Waals surface area contributed by atoms with Crippen molar-refractivity contribution in [3.8, 4) is 0 Å². The fraction of sp³-hybridized carbons (Fsp3) is 0.917. The van der Waals surface area contributed by atoms with E-state index in [4.69, 9.17) is 0 Å². The first-order chi connectivity index (χ1) is 7.83. The van der Waals surface area contributed by atoms with Gasteiger partial charge in [-0.05, 0) is 45.3 Å². The molecule has 0 aromatic rings. The standard InChI is InChI=1S/C12H23N3O/c1-13-12(16)11-4-2-3-9-15(11)10-5-7-14-8-6-10/h10-11,14H,2-9H2,1H3,(H,13,16). The highest BCUT2D eigenvalue weighted by atomic mass is 16.2. The van der Waals surface area contributed by atoms with Crippen LogP contribution < -0.4 is 10.6 Å². The van der Waals surface area contributed by atoms with Crippen molar-refractivity contribution in [1.82, 2.24) is 15.5 Å². The summed E-state index contributed by atoms with van der Waals surface area (Å²) in [6.07, 6.45) is 5.85. The number of piperidine rings is 2. The number of hydrogen-bond donors (Lipinski definition) is 2. The number of likely N-dealkylation sites (tertiary alicyclic amines) is 1. The smallest absolute Gasteiger partial charge is 0.237 e. The predicted octanol–water partition coefficient (Wildman–Crippen LogP) is 0.339. The summed E-state index contributed by atoms with van der Waals surface area (Å²) in [5.41, 5.74) is 0. The van der Waals surface area contributed by atoms with Gasteiger partial charge in [0.15, 0.2) is 0 Å². The molecule has 0 aromatic heterocycles. The molecule has 0 spiro atoms. The predicted molar refractivity (Wildman–Crippen MR) is 64.3 cm³/mol. The van der Waals surface area contributed by atoms with E-state index in [1.54, 1.807) is 7.05 Å². The Bertz CT molecular complexity index is 238. The van der Waals surface area contributed by atoms with Gasteiger partial charge < -0.3 is 10.6 Å². The lowest BCUT2D eigenvalue weighted by Gasteiger charge is -2.41. The molecule has 0 aromatic carbocycles. The molecular formula is C12H23N3O. The average molecular weight is 225 g/mol. The third kappa shape index (κ3) is 2.55. The van der Waals surface area contributed by atoms with E-state index in [0.717, 1.165) is 26.1 Å². The van der Waals surface area contributed by atoms with Crippen molar-refractivity contribution < 1.29 is 4.79 Å². The van der Waals surface area contributed by atoms with Crippen molar-refractivity contribution in [2.45, 2.75) is 44.2 Å². The van der Waals surface area contributed by atoms with Gasteiger partial charge >= 0.3 is 0 Å². The summed E-state index contributed by atoms with van der Waals surface area (Å²) in [7, 11) is 1.75. The van der Waals surface area contributed by atoms with E-state index in [1.807, 2.05) is 0 Å². The second-order valence-electron chi connectivity index (χ2n) is 4.84. The SMILES string of the molecule is CNC(=O)C1CCCCN1C1CCNCC1. The van der Waals surface area contributed by atoms with E-state index in [2.05, 4.69) is 15.5 Å². The molecule has 16 heavy (non-hydrogen) atoms. The molecule has 2 aliphatic rings. The fourth-order valence-corrected chi connectivity index (χ4v) is 2.98. The molecule has 0 radical (unpaired) electrons. The molecule has 4 nitrogen and oxygen atoms in total. The Labute approximate surface area is 97.8 Å². The first-order valence-corrected chi connectivity index (χ1v) is 6.51. The molecular weight excluding hydrogens is 202 g/mol. The summed E-state index contributed by atoms with van der Waals surface area (Å²) in [4.78, 5) is 14.3. The quantitative estimate of drug-likeness (QED) is 0.712. The van der Waals surface area contributed by atoms with Gasteiger partial charge in [-0.1, -0.05) is 6.42 Å². The molecule has 2 N–H and O–H groups in total. The van der Waals surface area contributed by atoms with Gasteiger partial charge in [-0.15, -0.1) is 0 Å². The van der Waals surface area contributed by atoms with Crippen LogP contribution in [0.4, 0.5) is 0 Å². The van der Waals surface area contributed by atoms with E-state index >= 15 is 0 Å². The molecule has 0 saturated carbocycles. The van der Waals surface area contributed by atoms with Crippen molar-refractivity contribution in [2.24, 2.45) is 0 Å². The van der Waals surface area contributed by atoms with Crippen LogP contribution in [0.15, 0.2) is 0 Å². The third-order valence-corrected chi connectivity index (χ3v) is 3.87. The van der Waals surface area contributed by atoms with Crippen LogP contribution in [0.1, 0.15) is 32.1 Å². The van der Waals surface area contributed by atoms with Crippen molar-refractivity contribution in [3.05, 3.63) is 0 Å². The van der Waals surface area contributed by atoms with Gasteiger partial charge in [-0.3, -0.25) is 9.69 Å². The topological polar surface area (TPSA) is 44.4 Å². The minimum atomic E-state index is 0.127. The van der Waals surface area contributed by atoms with E-state index in [-0.39, 0.29) is 11.9 Å². The normalized spacial score (nSPS) is 28.9. The van der Waals surface area contributed by atoms with Crippen LogP contribution in [0.2, 0.25) is 0 Å². The highest BCUT2D eigenvalue weighted by Crippen LogP contribution is 2.23. The molecule has 4 heteroatoms. The largest absolute Gasteiger partial charge is 0.358 e. The van der Waals surface area contributed by atoms with E-state index in [0.29, 0.717) is 6.04 Å². The fourth-order valence-electron chi connectivity index (χ4n) is 2.98. The average Bonchev–Trinajstić information content (AvgIpc) is 2.39. The summed E-state index contributed by atoms with van der Waals surface area (Å²) in [5.74, 6) is 0.207. The zero-order chi connectivity index (χ0) is 11.4. The number of rotatable bonds is 2. The molecule has 1 atom stereocenters. The van der Waals surface area contributed by atoms with Crippen molar-refractivity contribution in [1.29, 1.82) is 0 Å². The van der Waals surface area contributed by atoms with Crippen LogP contribution in [-0.2, 0) is 4.79 Å². The minimum absolute atomic E-state index is 0.127. The van der Waals surface area contributed by atoms with Crippen LogP contribution in [0, 0.1) is 0 Å². The summed E-state index contributed by atoms with van der Waals surface area (Å²) in [5, 5.41) is 6.19. The molecule has 0 aliphatic carbocycles. The zero-order valence-electron chi connectivity index (χ0n) is 10.2. The maximum Gasteiger partial charge on any atom is 0.237 e. The van der Waals surface area contributed by atoms with Crippen molar-refractivity contribution >= 4 is 5.91 Å². The number of nitrogens with one attached hydrogen (secondary N) is 2. The van der Waals surface area contributed by atoms with E-state index < -0.39 is 0 Å². The number of hydrogen-bond acceptors (Lipinski definition) is 3. The number of likely N-dealkylation sites (N-methyl/N-ethyl adjacent to an activating group) is 1. The van der Waals surface area contributed by atoms with Crippen molar-refractivity contribution in [3.63, 3.8) is 0 Å².